The van der Waals surface area contributed by atoms with E-state index in [1.165, 1.54) is 11.1 Å². The number of aliphatic hydroxyl groups excluding tert-OH is 1. The maximum absolute atomic E-state index is 10.1. The fourth-order valence-electron chi connectivity index (χ4n) is 5.34. The van der Waals surface area contributed by atoms with Gasteiger partial charge in [-0.3, -0.25) is 9.98 Å². The van der Waals surface area contributed by atoms with Gasteiger partial charge in [0.2, 0.25) is 0 Å². The van der Waals surface area contributed by atoms with Crippen LogP contribution in [-0.2, 0) is 12.1 Å². The molecule has 144 valence electrons. The molecule has 3 N–H and O–H groups in total. The normalized spacial score (nSPS) is 31.2. The molecule has 2 spiro atoms. The number of aryl methyl sites for hydroxylation is 1. The average molecular weight is 374 g/mol. The lowest BCUT2D eigenvalue weighted by Crippen LogP contribution is -2.43. The van der Waals surface area contributed by atoms with Crippen molar-refractivity contribution >= 4 is 11.5 Å². The lowest BCUT2D eigenvalue weighted by atomic mass is 9.65. The number of rotatable bonds is 1. The largest absolute Gasteiger partial charge is 0.393 e. The number of nitrogens with two attached hydrogens (primary N) is 1. The van der Waals surface area contributed by atoms with Gasteiger partial charge in [0.15, 0.2) is 5.66 Å². The maximum Gasteiger partial charge on any atom is 0.184 e. The number of benzene rings is 1. The van der Waals surface area contributed by atoms with Gasteiger partial charge in [-0.2, -0.15) is 0 Å². The number of aliphatic hydroxyl groups is 1. The van der Waals surface area contributed by atoms with Crippen molar-refractivity contribution in [2.75, 3.05) is 0 Å². The van der Waals surface area contributed by atoms with Gasteiger partial charge in [0, 0.05) is 28.9 Å². The molecule has 2 aromatic rings. The Morgan fingerprint density at radius 1 is 1.04 bits per heavy atom. The second-order valence-electron chi connectivity index (χ2n) is 8.68. The molecule has 5 rings (SSSR count). The van der Waals surface area contributed by atoms with Crippen molar-refractivity contribution in [1.29, 1.82) is 0 Å². The first-order chi connectivity index (χ1) is 13.4. The molecule has 1 aromatic heterocycles. The quantitative estimate of drug-likeness (QED) is 0.801. The van der Waals surface area contributed by atoms with Gasteiger partial charge >= 0.3 is 0 Å². The van der Waals surface area contributed by atoms with Crippen LogP contribution in [0.2, 0.25) is 0 Å². The zero-order valence-electron chi connectivity index (χ0n) is 16.4. The molecule has 2 heterocycles. The van der Waals surface area contributed by atoms with Gasteiger partial charge in [-0.1, -0.05) is 12.1 Å². The minimum Gasteiger partial charge on any atom is -0.393 e. The van der Waals surface area contributed by atoms with Crippen molar-refractivity contribution in [1.82, 2.24) is 4.98 Å². The first-order valence-corrected chi connectivity index (χ1v) is 10.1. The zero-order valence-corrected chi connectivity index (χ0v) is 16.4. The molecule has 1 saturated carbocycles. The second kappa shape index (κ2) is 5.98. The summed E-state index contributed by atoms with van der Waals surface area (Å²) < 4.78 is 0. The molecule has 0 unspecified atom stereocenters. The van der Waals surface area contributed by atoms with E-state index in [0.29, 0.717) is 5.84 Å². The lowest BCUT2D eigenvalue weighted by molar-refractivity contribution is 0.0233. The first kappa shape index (κ1) is 17.6. The van der Waals surface area contributed by atoms with E-state index in [9.17, 15) is 5.11 Å². The summed E-state index contributed by atoms with van der Waals surface area (Å²) in [5.41, 5.74) is 12.2. The van der Waals surface area contributed by atoms with E-state index in [1.54, 1.807) is 0 Å². The van der Waals surface area contributed by atoms with Gasteiger partial charge in [0.25, 0.3) is 0 Å². The number of hydrogen-bond acceptors (Lipinski definition) is 5. The molecule has 0 saturated heterocycles. The van der Waals surface area contributed by atoms with E-state index < -0.39 is 5.66 Å². The van der Waals surface area contributed by atoms with Gasteiger partial charge in [-0.05, 0) is 74.8 Å². The van der Waals surface area contributed by atoms with Crippen LogP contribution in [0, 0.1) is 12.3 Å². The summed E-state index contributed by atoms with van der Waals surface area (Å²) >= 11 is 0. The van der Waals surface area contributed by atoms with E-state index in [4.69, 9.17) is 15.7 Å². The monoisotopic (exact) mass is 374 g/mol. The molecular weight excluding hydrogens is 348 g/mol. The zero-order chi connectivity index (χ0) is 19.5. The predicted molar refractivity (Wildman–Crippen MR) is 111 cm³/mol. The van der Waals surface area contributed by atoms with Crippen LogP contribution in [0.15, 0.2) is 46.6 Å². The van der Waals surface area contributed by atoms with E-state index in [0.717, 1.165) is 54.5 Å². The SMILES string of the molecule is CC1=N[C@]2(N=C1N)c1cc(-c3cncc(C)c3)ccc1C[C@]21CC[C@@H](O)CC1. The minimum atomic E-state index is -0.649. The highest BCUT2D eigenvalue weighted by Gasteiger charge is 2.60. The summed E-state index contributed by atoms with van der Waals surface area (Å²) in [5, 5.41) is 10.1. The Bertz CT molecular complexity index is 997. The number of aromatic nitrogens is 1. The highest BCUT2D eigenvalue weighted by Crippen LogP contribution is 2.61. The Labute approximate surface area is 165 Å². The van der Waals surface area contributed by atoms with Crippen molar-refractivity contribution in [3.05, 3.63) is 53.3 Å². The van der Waals surface area contributed by atoms with Crippen LogP contribution in [0.5, 0.6) is 0 Å². The van der Waals surface area contributed by atoms with E-state index in [1.807, 2.05) is 19.3 Å². The fourth-order valence-corrected chi connectivity index (χ4v) is 5.34. The minimum absolute atomic E-state index is 0.0968. The third-order valence-electron chi connectivity index (χ3n) is 6.86. The molecule has 1 fully saturated rings. The smallest absolute Gasteiger partial charge is 0.184 e. The molecule has 28 heavy (non-hydrogen) atoms. The standard InChI is InChI=1S/C23H26N4O/c1-14-9-18(13-25-12-14)16-3-4-17-11-22(7-5-19(28)6-8-22)23(20(17)10-16)26-15(2)21(24)27-23/h3-4,9-10,12-13,19,28H,5-8,11H2,1-2H3,(H2,24,27)/t19-,22-,23-/m0/s1. The first-order valence-electron chi connectivity index (χ1n) is 10.1. The molecule has 0 bridgehead atoms. The number of amidine groups is 1. The Morgan fingerprint density at radius 3 is 2.50 bits per heavy atom. The lowest BCUT2D eigenvalue weighted by Gasteiger charge is -2.44. The second-order valence-corrected chi connectivity index (χ2v) is 8.68. The van der Waals surface area contributed by atoms with Crippen LogP contribution in [0.4, 0.5) is 0 Å². The summed E-state index contributed by atoms with van der Waals surface area (Å²) in [5.74, 6) is 0.543. The molecule has 1 aromatic carbocycles. The van der Waals surface area contributed by atoms with Crippen molar-refractivity contribution in [2.24, 2.45) is 21.1 Å². The van der Waals surface area contributed by atoms with Gasteiger partial charge < -0.3 is 10.8 Å². The van der Waals surface area contributed by atoms with Gasteiger partial charge in [-0.15, -0.1) is 0 Å². The molecular formula is C23H26N4O. The van der Waals surface area contributed by atoms with Gasteiger partial charge in [0.05, 0.1) is 11.8 Å². The van der Waals surface area contributed by atoms with Crippen LogP contribution >= 0.6 is 0 Å². The number of aliphatic imine (C=N–C) groups is 2. The summed E-state index contributed by atoms with van der Waals surface area (Å²) in [7, 11) is 0. The Balaban J connectivity index is 1.68. The topological polar surface area (TPSA) is 83.9 Å². The van der Waals surface area contributed by atoms with E-state index >= 15 is 0 Å². The summed E-state index contributed by atoms with van der Waals surface area (Å²) in [6, 6.07) is 8.80. The molecule has 0 amide bonds. The third-order valence-corrected chi connectivity index (χ3v) is 6.86. The number of nitrogens with zero attached hydrogens (tertiary/aromatic N) is 3. The Hall–Kier alpha value is -2.53. The maximum atomic E-state index is 10.1. The van der Waals surface area contributed by atoms with E-state index in [2.05, 4.69) is 36.2 Å². The molecule has 5 heteroatoms. The molecule has 2 aliphatic carbocycles. The van der Waals surface area contributed by atoms with Gasteiger partial charge in [-0.25, -0.2) is 4.99 Å². The molecule has 1 atom stereocenters. The number of fused-ring (bicyclic) bond motifs is 3. The Morgan fingerprint density at radius 2 is 1.82 bits per heavy atom. The molecule has 1 aliphatic heterocycles. The summed E-state index contributed by atoms with van der Waals surface area (Å²) in [6.45, 7) is 4.01. The van der Waals surface area contributed by atoms with E-state index in [-0.39, 0.29) is 11.5 Å². The highest BCUT2D eigenvalue weighted by atomic mass is 16.3. The van der Waals surface area contributed by atoms with Crippen LogP contribution in [0.25, 0.3) is 11.1 Å². The number of hydrogen-bond donors (Lipinski definition) is 2. The van der Waals surface area contributed by atoms with Crippen molar-refractivity contribution in [2.45, 2.75) is 57.7 Å². The van der Waals surface area contributed by atoms with Crippen LogP contribution in [-0.4, -0.2) is 27.7 Å². The fraction of sp³-hybridized carbons (Fsp3) is 0.435. The van der Waals surface area contributed by atoms with Crippen LogP contribution in [0.1, 0.15) is 49.3 Å². The Kier molecular flexibility index (Phi) is 3.75. The van der Waals surface area contributed by atoms with Crippen LogP contribution in [0.3, 0.4) is 0 Å². The highest BCUT2D eigenvalue weighted by molar-refractivity contribution is 6.41. The average Bonchev–Trinajstić information content (AvgIpc) is 3.12. The number of pyridine rings is 1. The predicted octanol–water partition coefficient (Wildman–Crippen LogP) is 3.52. The summed E-state index contributed by atoms with van der Waals surface area (Å²) in [6.07, 6.45) is 7.93. The molecule has 3 aliphatic rings. The third kappa shape index (κ3) is 2.39. The van der Waals surface area contributed by atoms with Crippen molar-refractivity contribution in [3.8, 4) is 11.1 Å². The van der Waals surface area contributed by atoms with Crippen molar-refractivity contribution in [3.63, 3.8) is 0 Å². The van der Waals surface area contributed by atoms with Gasteiger partial charge in [0.1, 0.15) is 5.84 Å². The van der Waals surface area contributed by atoms with Crippen LogP contribution < -0.4 is 5.73 Å². The molecule has 0 radical (unpaired) electrons. The molecule has 5 nitrogen and oxygen atoms in total. The van der Waals surface area contributed by atoms with Crippen molar-refractivity contribution < 1.29 is 5.11 Å². The summed E-state index contributed by atoms with van der Waals surface area (Å²) in [4.78, 5) is 14.4.